The molecule has 7 heteroatoms. The number of rotatable bonds is 5. The molecule has 1 N–H and O–H groups in total. The summed E-state index contributed by atoms with van der Waals surface area (Å²) in [6, 6.07) is 6.31. The monoisotopic (exact) mass is 318 g/mol. The van der Waals surface area contributed by atoms with Gasteiger partial charge < -0.3 is 10.1 Å². The number of alkyl halides is 2. The average molecular weight is 319 g/mol. The first kappa shape index (κ1) is 14.4. The minimum Gasteiger partial charge on any atom is -0.486 e. The fourth-order valence-corrected chi connectivity index (χ4v) is 1.62. The van der Waals surface area contributed by atoms with Gasteiger partial charge in [0.1, 0.15) is 18.8 Å². The summed E-state index contributed by atoms with van der Waals surface area (Å²) in [6.45, 7) is -0.728. The van der Waals surface area contributed by atoms with Gasteiger partial charge in [-0.3, -0.25) is 4.79 Å². The van der Waals surface area contributed by atoms with Crippen LogP contribution in [0.2, 0.25) is 0 Å². The van der Waals surface area contributed by atoms with Crippen molar-refractivity contribution in [3.63, 3.8) is 0 Å². The molecule has 0 aromatic heterocycles. The second-order valence-electron chi connectivity index (χ2n) is 3.20. The van der Waals surface area contributed by atoms with E-state index in [0.717, 1.165) is 0 Å². The second kappa shape index (κ2) is 6.91. The number of ether oxygens (including phenoxy) is 1. The Hall–Kier alpha value is -1.68. The number of nitrogens with zero attached hydrogens (tertiary/aromatic N) is 1. The number of nitriles is 1. The first-order valence-electron chi connectivity index (χ1n) is 4.91. The number of amides is 1. The van der Waals surface area contributed by atoms with Gasteiger partial charge in [0.25, 0.3) is 6.43 Å². The molecule has 0 heterocycles. The number of halogens is 3. The van der Waals surface area contributed by atoms with Crippen molar-refractivity contribution in [2.45, 2.75) is 12.8 Å². The highest BCUT2D eigenvalue weighted by molar-refractivity contribution is 9.10. The van der Waals surface area contributed by atoms with Crippen molar-refractivity contribution in [3.05, 3.63) is 22.7 Å². The van der Waals surface area contributed by atoms with Crippen molar-refractivity contribution in [2.75, 3.05) is 11.9 Å². The van der Waals surface area contributed by atoms with Crippen LogP contribution in [0, 0.1) is 11.3 Å². The molecule has 0 spiro atoms. The lowest BCUT2D eigenvalue weighted by Crippen LogP contribution is -2.12. The van der Waals surface area contributed by atoms with Crippen LogP contribution < -0.4 is 10.1 Å². The molecule has 1 aromatic rings. The molecule has 1 aromatic carbocycles. The van der Waals surface area contributed by atoms with Crippen molar-refractivity contribution in [3.8, 4) is 11.8 Å². The first-order valence-corrected chi connectivity index (χ1v) is 5.70. The molecule has 0 bridgehead atoms. The van der Waals surface area contributed by atoms with E-state index >= 15 is 0 Å². The molecule has 0 atom stereocenters. The highest BCUT2D eigenvalue weighted by atomic mass is 79.9. The van der Waals surface area contributed by atoms with Crippen molar-refractivity contribution >= 4 is 27.5 Å². The van der Waals surface area contributed by atoms with Crippen molar-refractivity contribution in [1.29, 1.82) is 5.26 Å². The Morgan fingerprint density at radius 1 is 1.56 bits per heavy atom. The van der Waals surface area contributed by atoms with E-state index in [0.29, 0.717) is 10.2 Å². The van der Waals surface area contributed by atoms with E-state index in [-0.39, 0.29) is 12.2 Å². The minimum atomic E-state index is -2.58. The fourth-order valence-electron chi connectivity index (χ4n) is 1.14. The molecule has 96 valence electrons. The third kappa shape index (κ3) is 4.30. The summed E-state index contributed by atoms with van der Waals surface area (Å²) in [5.41, 5.74) is 0.363. The van der Waals surface area contributed by atoms with E-state index in [4.69, 9.17) is 10.00 Å². The lowest BCUT2D eigenvalue weighted by Gasteiger charge is -2.11. The summed E-state index contributed by atoms with van der Waals surface area (Å²) >= 11 is 3.14. The topological polar surface area (TPSA) is 62.1 Å². The van der Waals surface area contributed by atoms with Crippen molar-refractivity contribution in [1.82, 2.24) is 0 Å². The molecular weight excluding hydrogens is 310 g/mol. The zero-order chi connectivity index (χ0) is 13.5. The van der Waals surface area contributed by atoms with E-state index in [2.05, 4.69) is 21.2 Å². The van der Waals surface area contributed by atoms with Crippen LogP contribution in [0.4, 0.5) is 14.5 Å². The highest BCUT2D eigenvalue weighted by Crippen LogP contribution is 2.32. The molecule has 4 nitrogen and oxygen atoms in total. The van der Waals surface area contributed by atoms with Crippen molar-refractivity contribution < 1.29 is 18.3 Å². The Balaban J connectivity index is 2.78. The molecule has 0 aliphatic heterocycles. The fraction of sp³-hybridized carbons (Fsp3) is 0.273. The standard InChI is InChI=1S/C11H9BrF2N2O2/c12-11-7(16-10(17)4-5-15)2-1-3-8(11)18-6-9(13)14/h1-3,9H,4,6H2,(H,16,17). The third-order valence-electron chi connectivity index (χ3n) is 1.84. The van der Waals surface area contributed by atoms with Gasteiger partial charge in [0.2, 0.25) is 5.91 Å². The van der Waals surface area contributed by atoms with Gasteiger partial charge in [-0.2, -0.15) is 5.26 Å². The van der Waals surface area contributed by atoms with Gasteiger partial charge in [0.05, 0.1) is 16.2 Å². The summed E-state index contributed by atoms with van der Waals surface area (Å²) in [4.78, 5) is 11.2. The van der Waals surface area contributed by atoms with E-state index < -0.39 is 18.9 Å². The predicted octanol–water partition coefficient (Wildman–Crippen LogP) is 2.95. The number of anilines is 1. The molecule has 0 saturated carbocycles. The summed E-state index contributed by atoms with van der Waals surface area (Å²) in [7, 11) is 0. The lowest BCUT2D eigenvalue weighted by molar-refractivity contribution is -0.115. The lowest BCUT2D eigenvalue weighted by atomic mass is 10.3. The number of carbonyl (C=O) groups is 1. The number of carbonyl (C=O) groups excluding carboxylic acids is 1. The van der Waals surface area contributed by atoms with Crippen LogP contribution in [0.5, 0.6) is 5.75 Å². The van der Waals surface area contributed by atoms with Crippen LogP contribution in [0.25, 0.3) is 0 Å². The third-order valence-corrected chi connectivity index (χ3v) is 2.66. The van der Waals surface area contributed by atoms with Crippen LogP contribution in [-0.2, 0) is 4.79 Å². The van der Waals surface area contributed by atoms with E-state index in [1.54, 1.807) is 18.2 Å². The molecule has 0 aliphatic rings. The molecule has 1 amide bonds. The summed E-state index contributed by atoms with van der Waals surface area (Å²) in [6.07, 6.45) is -2.86. The van der Waals surface area contributed by atoms with Crippen molar-refractivity contribution in [2.24, 2.45) is 0 Å². The van der Waals surface area contributed by atoms with Gasteiger partial charge in [-0.1, -0.05) is 6.07 Å². The molecule has 0 unspecified atom stereocenters. The molecule has 0 radical (unpaired) electrons. The van der Waals surface area contributed by atoms with Gasteiger partial charge in [0.15, 0.2) is 0 Å². The minimum absolute atomic E-state index is 0.199. The van der Waals surface area contributed by atoms with Crippen LogP contribution in [0.3, 0.4) is 0 Å². The SMILES string of the molecule is N#CCC(=O)Nc1cccc(OCC(F)F)c1Br. The maximum absolute atomic E-state index is 12.0. The van der Waals surface area contributed by atoms with E-state index in [1.807, 2.05) is 0 Å². The average Bonchev–Trinajstić information content (AvgIpc) is 2.30. The molecule has 0 aliphatic carbocycles. The molecular formula is C11H9BrF2N2O2. The molecule has 18 heavy (non-hydrogen) atoms. The van der Waals surface area contributed by atoms with E-state index in [9.17, 15) is 13.6 Å². The van der Waals surface area contributed by atoms with Gasteiger partial charge in [0, 0.05) is 0 Å². The first-order chi connectivity index (χ1) is 8.54. The van der Waals surface area contributed by atoms with Crippen LogP contribution in [0.1, 0.15) is 6.42 Å². The largest absolute Gasteiger partial charge is 0.486 e. The van der Waals surface area contributed by atoms with E-state index in [1.165, 1.54) is 6.07 Å². The summed E-state index contributed by atoms with van der Waals surface area (Å²) < 4.78 is 29.3. The molecule has 0 saturated heterocycles. The van der Waals surface area contributed by atoms with Gasteiger partial charge in [-0.05, 0) is 28.1 Å². The Labute approximate surface area is 111 Å². The predicted molar refractivity (Wildman–Crippen MR) is 64.5 cm³/mol. The van der Waals surface area contributed by atoms with Gasteiger partial charge in [-0.25, -0.2) is 8.78 Å². The highest BCUT2D eigenvalue weighted by Gasteiger charge is 2.11. The normalized spacial score (nSPS) is 9.94. The smallest absolute Gasteiger partial charge is 0.272 e. The quantitative estimate of drug-likeness (QED) is 0.907. The number of nitrogens with one attached hydrogen (secondary N) is 1. The zero-order valence-corrected chi connectivity index (χ0v) is 10.7. The Kier molecular flexibility index (Phi) is 5.52. The molecule has 0 fully saturated rings. The second-order valence-corrected chi connectivity index (χ2v) is 4.00. The summed E-state index contributed by atoms with van der Waals surface area (Å²) in [5.74, 6) is -0.283. The maximum atomic E-state index is 12.0. The number of hydrogen-bond donors (Lipinski definition) is 1. The Bertz CT molecular complexity index is 475. The maximum Gasteiger partial charge on any atom is 0.272 e. The van der Waals surface area contributed by atoms with Crippen LogP contribution in [0.15, 0.2) is 22.7 Å². The number of hydrogen-bond acceptors (Lipinski definition) is 3. The van der Waals surface area contributed by atoms with Gasteiger partial charge in [-0.15, -0.1) is 0 Å². The Morgan fingerprint density at radius 2 is 2.28 bits per heavy atom. The van der Waals surface area contributed by atoms with Gasteiger partial charge >= 0.3 is 0 Å². The van der Waals surface area contributed by atoms with Crippen LogP contribution in [-0.4, -0.2) is 18.9 Å². The van der Waals surface area contributed by atoms with Crippen LogP contribution >= 0.6 is 15.9 Å². The Morgan fingerprint density at radius 3 is 2.89 bits per heavy atom. The number of benzene rings is 1. The molecule has 1 rings (SSSR count). The summed E-state index contributed by atoms with van der Waals surface area (Å²) in [5, 5.41) is 10.8. The zero-order valence-electron chi connectivity index (χ0n) is 9.12.